The van der Waals surface area contributed by atoms with Gasteiger partial charge in [0, 0.05) is 13.9 Å². The number of amides is 1. The molecule has 2 aromatic rings. The van der Waals surface area contributed by atoms with Gasteiger partial charge in [0.05, 0.1) is 0 Å². The number of fused-ring (bicyclic) bond motifs is 3. The molecule has 0 unspecified atom stereocenters. The highest BCUT2D eigenvalue weighted by Gasteiger charge is 2.28. The van der Waals surface area contributed by atoms with Gasteiger partial charge < -0.3 is 10.1 Å². The predicted molar refractivity (Wildman–Crippen MR) is 96.8 cm³/mol. The first-order valence-electron chi connectivity index (χ1n) is 8.40. The number of rotatable bonds is 4. The molecule has 1 aliphatic carbocycles. The van der Waals surface area contributed by atoms with Gasteiger partial charge in [0.25, 0.3) is 0 Å². The molecule has 2 aromatic carbocycles. The third kappa shape index (κ3) is 3.73. The fraction of sp³-hybridized carbons (Fsp3) is 0.350. The Bertz CT molecular complexity index is 612. The molecule has 0 bridgehead atoms. The van der Waals surface area contributed by atoms with Crippen LogP contribution in [0.4, 0.5) is 4.79 Å². The van der Waals surface area contributed by atoms with Crippen LogP contribution in [-0.2, 0) is 4.74 Å². The van der Waals surface area contributed by atoms with E-state index in [1.807, 2.05) is 45.0 Å². The summed E-state index contributed by atoms with van der Waals surface area (Å²) in [5.41, 5.74) is 4.97. The molecule has 23 heavy (non-hydrogen) atoms. The summed E-state index contributed by atoms with van der Waals surface area (Å²) in [5, 5.41) is 2.74. The van der Waals surface area contributed by atoms with Crippen molar-refractivity contribution in [2.75, 3.05) is 13.2 Å². The lowest BCUT2D eigenvalue weighted by Crippen LogP contribution is -2.26. The van der Waals surface area contributed by atoms with Crippen LogP contribution in [0.2, 0.25) is 0 Å². The quantitative estimate of drug-likeness (QED) is 0.841. The van der Waals surface area contributed by atoms with Crippen LogP contribution in [0, 0.1) is 0 Å². The van der Waals surface area contributed by atoms with Crippen molar-refractivity contribution in [1.29, 1.82) is 0 Å². The van der Waals surface area contributed by atoms with E-state index in [0.717, 1.165) is 6.42 Å². The minimum Gasteiger partial charge on any atom is -0.449 e. The van der Waals surface area contributed by atoms with E-state index < -0.39 is 0 Å². The molecule has 0 radical (unpaired) electrons. The fourth-order valence-corrected chi connectivity index (χ4v) is 2.88. The van der Waals surface area contributed by atoms with Crippen LogP contribution in [0.5, 0.6) is 0 Å². The lowest BCUT2D eigenvalue weighted by atomic mass is 9.98. The summed E-state index contributed by atoms with van der Waals surface area (Å²) in [4.78, 5) is 11.6. The van der Waals surface area contributed by atoms with Gasteiger partial charge in [-0.2, -0.15) is 0 Å². The van der Waals surface area contributed by atoms with Gasteiger partial charge in [-0.25, -0.2) is 4.79 Å². The molecule has 0 atom stereocenters. The molecule has 0 saturated heterocycles. The van der Waals surface area contributed by atoms with Crippen molar-refractivity contribution >= 4 is 6.09 Å². The molecular formula is C20H27NO2. The molecule has 3 nitrogen and oxygen atoms in total. The molecule has 124 valence electrons. The number of alkyl carbamates (subject to hydrolysis) is 1. The highest BCUT2D eigenvalue weighted by Crippen LogP contribution is 2.44. The Kier molecular flexibility index (Phi) is 6.21. The van der Waals surface area contributed by atoms with Crippen molar-refractivity contribution in [3.63, 3.8) is 0 Å². The zero-order chi connectivity index (χ0) is 16.7. The van der Waals surface area contributed by atoms with Crippen molar-refractivity contribution in [1.82, 2.24) is 5.32 Å². The van der Waals surface area contributed by atoms with Gasteiger partial charge >= 0.3 is 6.09 Å². The monoisotopic (exact) mass is 313 g/mol. The van der Waals surface area contributed by atoms with Crippen molar-refractivity contribution < 1.29 is 11.0 Å². The van der Waals surface area contributed by atoms with Crippen LogP contribution < -0.4 is 5.32 Å². The normalized spacial score (nSPS) is 11.8. The van der Waals surface area contributed by atoms with Gasteiger partial charge in [0.15, 0.2) is 0 Å². The fourth-order valence-electron chi connectivity index (χ4n) is 2.88. The molecule has 1 aliphatic rings. The number of nitrogens with one attached hydrogen (secondary N) is 1. The Morgan fingerprint density at radius 1 is 1.04 bits per heavy atom. The largest absolute Gasteiger partial charge is 0.449 e. The Hall–Kier alpha value is -2.29. The molecule has 3 rings (SSSR count). The Balaban J connectivity index is 0.000000925. The van der Waals surface area contributed by atoms with E-state index >= 15 is 0 Å². The standard InChI is InChI=1S/C18H19NO2.C2H6.H2/c1-2-11-19-18(20)21-12-17-15-9-5-3-7-13(15)14-8-4-6-10-16(14)17;1-2;/h3-10,17H,2,11-12H2,1H3,(H,19,20);1-2H3;1H. The van der Waals surface area contributed by atoms with Gasteiger partial charge in [-0.15, -0.1) is 0 Å². The maximum atomic E-state index is 11.6. The Morgan fingerprint density at radius 3 is 2.09 bits per heavy atom. The molecule has 0 aliphatic heterocycles. The van der Waals surface area contributed by atoms with Crippen LogP contribution in [-0.4, -0.2) is 19.2 Å². The summed E-state index contributed by atoms with van der Waals surface area (Å²) in [6.45, 7) is 7.05. The number of hydrogen-bond acceptors (Lipinski definition) is 2. The Morgan fingerprint density at radius 2 is 1.57 bits per heavy atom. The molecule has 1 amide bonds. The summed E-state index contributed by atoms with van der Waals surface area (Å²) in [6, 6.07) is 16.7. The first-order valence-corrected chi connectivity index (χ1v) is 8.40. The van der Waals surface area contributed by atoms with Crippen LogP contribution in [0.25, 0.3) is 11.1 Å². The highest BCUT2D eigenvalue weighted by molar-refractivity contribution is 5.79. The summed E-state index contributed by atoms with van der Waals surface area (Å²) in [7, 11) is 0. The van der Waals surface area contributed by atoms with Crippen molar-refractivity contribution in [2.24, 2.45) is 0 Å². The van der Waals surface area contributed by atoms with Crippen molar-refractivity contribution in [3.8, 4) is 11.1 Å². The number of hydrogen-bond donors (Lipinski definition) is 1. The zero-order valence-electron chi connectivity index (χ0n) is 14.1. The molecular weight excluding hydrogens is 286 g/mol. The lowest BCUT2D eigenvalue weighted by Gasteiger charge is -2.14. The second-order valence-electron chi connectivity index (χ2n) is 5.25. The molecule has 0 heterocycles. The van der Waals surface area contributed by atoms with Gasteiger partial charge in [-0.3, -0.25) is 0 Å². The molecule has 0 saturated carbocycles. The molecule has 0 aromatic heterocycles. The van der Waals surface area contributed by atoms with Crippen LogP contribution in [0.1, 0.15) is 45.7 Å². The maximum Gasteiger partial charge on any atom is 0.407 e. The van der Waals surface area contributed by atoms with E-state index in [1.165, 1.54) is 22.3 Å². The van der Waals surface area contributed by atoms with E-state index in [-0.39, 0.29) is 13.4 Å². The molecule has 3 heteroatoms. The van der Waals surface area contributed by atoms with Crippen LogP contribution in [0.15, 0.2) is 48.5 Å². The average Bonchev–Trinajstić information content (AvgIpc) is 2.94. The third-order valence-electron chi connectivity index (χ3n) is 3.86. The second kappa shape index (κ2) is 8.37. The number of ether oxygens (including phenoxy) is 1. The number of carbonyl (C=O) groups is 1. The maximum absolute atomic E-state index is 11.6. The number of benzene rings is 2. The summed E-state index contributed by atoms with van der Waals surface area (Å²) < 4.78 is 5.39. The molecule has 1 N–H and O–H groups in total. The number of carbonyl (C=O) groups excluding carboxylic acids is 1. The SMILES string of the molecule is CC.CCCNC(=O)OCC1c2ccccc2-c2ccccc21.[HH]. The van der Waals surface area contributed by atoms with E-state index in [0.29, 0.717) is 13.2 Å². The summed E-state index contributed by atoms with van der Waals surface area (Å²) >= 11 is 0. The van der Waals surface area contributed by atoms with Crippen LogP contribution in [0.3, 0.4) is 0 Å². The minimum absolute atomic E-state index is 0. The molecule has 0 fully saturated rings. The van der Waals surface area contributed by atoms with E-state index in [9.17, 15) is 4.79 Å². The average molecular weight is 313 g/mol. The van der Waals surface area contributed by atoms with Crippen LogP contribution >= 0.6 is 0 Å². The minimum atomic E-state index is -0.335. The highest BCUT2D eigenvalue weighted by atomic mass is 16.5. The van der Waals surface area contributed by atoms with Crippen molar-refractivity contribution in [2.45, 2.75) is 33.1 Å². The zero-order valence-corrected chi connectivity index (χ0v) is 14.1. The summed E-state index contributed by atoms with van der Waals surface area (Å²) in [6.07, 6.45) is 0.572. The first kappa shape index (κ1) is 17.1. The third-order valence-corrected chi connectivity index (χ3v) is 3.86. The smallest absolute Gasteiger partial charge is 0.407 e. The first-order chi connectivity index (χ1) is 11.3. The van der Waals surface area contributed by atoms with E-state index in [2.05, 4.69) is 29.6 Å². The predicted octanol–water partition coefficient (Wildman–Crippen LogP) is 5.21. The molecule has 0 spiro atoms. The van der Waals surface area contributed by atoms with Gasteiger partial charge in [0.1, 0.15) is 6.61 Å². The Labute approximate surface area is 140 Å². The van der Waals surface area contributed by atoms with Gasteiger partial charge in [-0.05, 0) is 28.7 Å². The lowest BCUT2D eigenvalue weighted by molar-refractivity contribution is 0.143. The van der Waals surface area contributed by atoms with E-state index in [4.69, 9.17) is 4.74 Å². The van der Waals surface area contributed by atoms with Gasteiger partial charge in [0.2, 0.25) is 0 Å². The summed E-state index contributed by atoms with van der Waals surface area (Å²) in [5.74, 6) is 0.129. The van der Waals surface area contributed by atoms with Crippen molar-refractivity contribution in [3.05, 3.63) is 59.7 Å². The van der Waals surface area contributed by atoms with Gasteiger partial charge in [-0.1, -0.05) is 69.3 Å². The van der Waals surface area contributed by atoms with E-state index in [1.54, 1.807) is 0 Å². The second-order valence-corrected chi connectivity index (χ2v) is 5.25. The topological polar surface area (TPSA) is 38.3 Å².